The molecule has 0 heterocycles. The van der Waals surface area contributed by atoms with Crippen LogP contribution in [0.3, 0.4) is 0 Å². The average Bonchev–Trinajstić information content (AvgIpc) is 2.34. The van der Waals surface area contributed by atoms with Gasteiger partial charge in [-0.25, -0.2) is 0 Å². The summed E-state index contributed by atoms with van der Waals surface area (Å²) in [6.07, 6.45) is -1.22. The Balaban J connectivity index is 2.86. The first-order valence-corrected chi connectivity index (χ1v) is 5.75. The van der Waals surface area contributed by atoms with Crippen molar-refractivity contribution in [2.75, 3.05) is 20.7 Å². The van der Waals surface area contributed by atoms with Gasteiger partial charge in [0.1, 0.15) is 11.9 Å². The predicted molar refractivity (Wildman–Crippen MR) is 67.2 cm³/mol. The number of aliphatic hydroxyl groups excluding tert-OH is 2. The highest BCUT2D eigenvalue weighted by Crippen LogP contribution is 2.29. The van der Waals surface area contributed by atoms with Gasteiger partial charge in [-0.05, 0) is 39.1 Å². The molecule has 4 heteroatoms. The van der Waals surface area contributed by atoms with Crippen LogP contribution in [0.25, 0.3) is 0 Å². The van der Waals surface area contributed by atoms with Gasteiger partial charge >= 0.3 is 0 Å². The Kier molecular flexibility index (Phi) is 5.41. The van der Waals surface area contributed by atoms with Crippen LogP contribution in [0.4, 0.5) is 0 Å². The lowest BCUT2D eigenvalue weighted by molar-refractivity contribution is 0.0127. The molecule has 0 aliphatic carbocycles. The molecule has 0 aromatic heterocycles. The van der Waals surface area contributed by atoms with Gasteiger partial charge in [0.05, 0.1) is 13.2 Å². The number of methoxy groups -OCH3 is 1. The number of ether oxygens (including phenoxy) is 1. The summed E-state index contributed by atoms with van der Waals surface area (Å²) in [7, 11) is 3.37. The van der Waals surface area contributed by atoms with Gasteiger partial charge in [0.2, 0.25) is 0 Å². The van der Waals surface area contributed by atoms with Gasteiger partial charge < -0.3 is 20.3 Å². The molecule has 4 nitrogen and oxygen atoms in total. The highest BCUT2D eigenvalue weighted by atomic mass is 16.5. The fourth-order valence-electron chi connectivity index (χ4n) is 1.74. The van der Waals surface area contributed by atoms with Gasteiger partial charge in [0, 0.05) is 5.56 Å². The van der Waals surface area contributed by atoms with Crippen LogP contribution < -0.4 is 10.1 Å². The third-order valence-electron chi connectivity index (χ3n) is 2.76. The lowest BCUT2D eigenvalue weighted by Gasteiger charge is -2.20. The summed E-state index contributed by atoms with van der Waals surface area (Å²) in [6.45, 7) is 2.60. The highest BCUT2D eigenvalue weighted by molar-refractivity contribution is 5.38. The quantitative estimate of drug-likeness (QED) is 0.693. The smallest absolute Gasteiger partial charge is 0.124 e. The van der Waals surface area contributed by atoms with Gasteiger partial charge in [0.15, 0.2) is 0 Å². The fraction of sp³-hybridized carbons (Fsp3) is 0.538. The Morgan fingerprint density at radius 1 is 1.35 bits per heavy atom. The SMILES string of the molecule is CNCCC(O)C(O)c1cc(C)ccc1OC. The van der Waals surface area contributed by atoms with E-state index in [1.54, 1.807) is 13.2 Å². The summed E-state index contributed by atoms with van der Waals surface area (Å²) >= 11 is 0. The zero-order valence-electron chi connectivity index (χ0n) is 10.6. The standard InChI is InChI=1S/C13H21NO3/c1-9-4-5-12(17-3)10(8-9)13(16)11(15)6-7-14-2/h4-5,8,11,13-16H,6-7H2,1-3H3. The molecule has 0 saturated carbocycles. The van der Waals surface area contributed by atoms with Crippen molar-refractivity contribution >= 4 is 0 Å². The Bertz CT molecular complexity index is 355. The number of hydrogen-bond acceptors (Lipinski definition) is 4. The molecule has 17 heavy (non-hydrogen) atoms. The summed E-state index contributed by atoms with van der Waals surface area (Å²) in [4.78, 5) is 0. The maximum absolute atomic E-state index is 10.1. The Morgan fingerprint density at radius 3 is 2.65 bits per heavy atom. The Morgan fingerprint density at radius 2 is 2.06 bits per heavy atom. The minimum absolute atomic E-state index is 0.495. The molecule has 0 aliphatic rings. The molecule has 0 aliphatic heterocycles. The molecule has 3 N–H and O–H groups in total. The first-order valence-electron chi connectivity index (χ1n) is 5.75. The summed E-state index contributed by atoms with van der Waals surface area (Å²) in [5, 5.41) is 22.9. The number of nitrogens with one attached hydrogen (secondary N) is 1. The number of aliphatic hydroxyl groups is 2. The third kappa shape index (κ3) is 3.70. The van der Waals surface area contributed by atoms with Crippen LogP contribution in [-0.2, 0) is 0 Å². The molecule has 0 amide bonds. The van der Waals surface area contributed by atoms with E-state index in [1.807, 2.05) is 26.1 Å². The molecular weight excluding hydrogens is 218 g/mol. The van der Waals surface area contributed by atoms with E-state index >= 15 is 0 Å². The van der Waals surface area contributed by atoms with Crippen LogP contribution in [0.5, 0.6) is 5.75 Å². The molecule has 0 radical (unpaired) electrons. The van der Waals surface area contributed by atoms with E-state index in [-0.39, 0.29) is 0 Å². The number of hydrogen-bond donors (Lipinski definition) is 3. The van der Waals surface area contributed by atoms with E-state index in [2.05, 4.69) is 5.32 Å². The lowest BCUT2D eigenvalue weighted by atomic mass is 9.99. The van der Waals surface area contributed by atoms with E-state index < -0.39 is 12.2 Å². The lowest BCUT2D eigenvalue weighted by Crippen LogP contribution is -2.23. The molecule has 1 aromatic rings. The van der Waals surface area contributed by atoms with Crippen molar-refractivity contribution in [2.24, 2.45) is 0 Å². The van der Waals surface area contributed by atoms with E-state index in [0.29, 0.717) is 24.3 Å². The topological polar surface area (TPSA) is 61.7 Å². The molecule has 0 fully saturated rings. The second kappa shape index (κ2) is 6.59. The van der Waals surface area contributed by atoms with Gasteiger partial charge in [-0.2, -0.15) is 0 Å². The van der Waals surface area contributed by atoms with Crippen molar-refractivity contribution in [3.8, 4) is 5.75 Å². The van der Waals surface area contributed by atoms with Crippen LogP contribution >= 0.6 is 0 Å². The van der Waals surface area contributed by atoms with Crippen molar-refractivity contribution in [3.63, 3.8) is 0 Å². The maximum Gasteiger partial charge on any atom is 0.124 e. The first kappa shape index (κ1) is 14.0. The summed E-state index contributed by atoms with van der Waals surface area (Å²) in [6, 6.07) is 5.56. The van der Waals surface area contributed by atoms with Crippen molar-refractivity contribution in [2.45, 2.75) is 25.6 Å². The molecule has 0 bridgehead atoms. The second-order valence-corrected chi connectivity index (χ2v) is 4.15. The third-order valence-corrected chi connectivity index (χ3v) is 2.76. The van der Waals surface area contributed by atoms with Crippen LogP contribution in [0.2, 0.25) is 0 Å². The van der Waals surface area contributed by atoms with Crippen molar-refractivity contribution < 1.29 is 14.9 Å². The minimum Gasteiger partial charge on any atom is -0.496 e. The number of aryl methyl sites for hydroxylation is 1. The Labute approximate surface area is 102 Å². The van der Waals surface area contributed by atoms with E-state index in [0.717, 1.165) is 5.56 Å². The van der Waals surface area contributed by atoms with Crippen molar-refractivity contribution in [3.05, 3.63) is 29.3 Å². The summed E-state index contributed by atoms with van der Waals surface area (Å²) in [5.74, 6) is 0.603. The summed E-state index contributed by atoms with van der Waals surface area (Å²) < 4.78 is 5.19. The fourth-order valence-corrected chi connectivity index (χ4v) is 1.74. The zero-order chi connectivity index (χ0) is 12.8. The highest BCUT2D eigenvalue weighted by Gasteiger charge is 2.21. The Hall–Kier alpha value is -1.10. The van der Waals surface area contributed by atoms with Gasteiger partial charge in [-0.1, -0.05) is 11.6 Å². The van der Waals surface area contributed by atoms with E-state index in [4.69, 9.17) is 4.74 Å². The number of rotatable bonds is 6. The van der Waals surface area contributed by atoms with Crippen LogP contribution in [0.1, 0.15) is 23.7 Å². The number of benzene rings is 1. The molecule has 2 atom stereocenters. The monoisotopic (exact) mass is 239 g/mol. The van der Waals surface area contributed by atoms with Gasteiger partial charge in [0.25, 0.3) is 0 Å². The van der Waals surface area contributed by atoms with Crippen molar-refractivity contribution in [1.29, 1.82) is 0 Å². The average molecular weight is 239 g/mol. The first-order chi connectivity index (χ1) is 8.10. The van der Waals surface area contributed by atoms with Crippen molar-refractivity contribution in [1.82, 2.24) is 5.32 Å². The normalized spacial score (nSPS) is 14.4. The largest absolute Gasteiger partial charge is 0.496 e. The summed E-state index contributed by atoms with van der Waals surface area (Å²) in [5.41, 5.74) is 1.66. The predicted octanol–water partition coefficient (Wildman–Crippen LogP) is 1.01. The van der Waals surface area contributed by atoms with Crippen LogP contribution in [0.15, 0.2) is 18.2 Å². The van der Waals surface area contributed by atoms with Gasteiger partial charge in [-0.3, -0.25) is 0 Å². The minimum atomic E-state index is -0.918. The molecule has 0 spiro atoms. The van der Waals surface area contributed by atoms with Crippen LogP contribution in [0, 0.1) is 6.92 Å². The zero-order valence-corrected chi connectivity index (χ0v) is 10.6. The van der Waals surface area contributed by atoms with Crippen LogP contribution in [-0.4, -0.2) is 37.0 Å². The van der Waals surface area contributed by atoms with Gasteiger partial charge in [-0.15, -0.1) is 0 Å². The second-order valence-electron chi connectivity index (χ2n) is 4.15. The molecule has 0 saturated heterocycles. The molecule has 1 aromatic carbocycles. The molecule has 2 unspecified atom stereocenters. The molecule has 96 valence electrons. The van der Waals surface area contributed by atoms with E-state index in [9.17, 15) is 10.2 Å². The maximum atomic E-state index is 10.1. The molecule has 1 rings (SSSR count). The van der Waals surface area contributed by atoms with E-state index in [1.165, 1.54) is 0 Å². The molecular formula is C13H21NO3.